The van der Waals surface area contributed by atoms with E-state index in [2.05, 4.69) is 59.3 Å². The lowest BCUT2D eigenvalue weighted by Crippen LogP contribution is -1.99. The van der Waals surface area contributed by atoms with E-state index in [-0.39, 0.29) is 0 Å². The summed E-state index contributed by atoms with van der Waals surface area (Å²) in [5, 5.41) is 3.41. The van der Waals surface area contributed by atoms with E-state index in [4.69, 9.17) is 0 Å². The van der Waals surface area contributed by atoms with Gasteiger partial charge in [0.15, 0.2) is 0 Å². The Balaban J connectivity index is 1.88. The highest BCUT2D eigenvalue weighted by atomic mass is 79.9. The van der Waals surface area contributed by atoms with Crippen LogP contribution in [0.3, 0.4) is 0 Å². The molecule has 0 aliphatic carbocycles. The third kappa shape index (κ3) is 2.96. The maximum atomic E-state index is 4.42. The van der Waals surface area contributed by atoms with Crippen LogP contribution in [-0.4, -0.2) is 9.97 Å². The van der Waals surface area contributed by atoms with Crippen molar-refractivity contribution in [1.29, 1.82) is 0 Å². The molecule has 0 amide bonds. The van der Waals surface area contributed by atoms with Gasteiger partial charge in [-0.05, 0) is 56.1 Å². The minimum Gasteiger partial charge on any atom is -0.378 e. The van der Waals surface area contributed by atoms with Crippen molar-refractivity contribution in [3.05, 3.63) is 49.8 Å². The molecular formula is C13H9Br2N3S. The number of halogens is 2. The number of hydrogen-bond acceptors (Lipinski definition) is 4. The van der Waals surface area contributed by atoms with E-state index in [1.165, 1.54) is 4.88 Å². The minimum atomic E-state index is 0.785. The molecule has 0 saturated carbocycles. The first-order chi connectivity index (χ1) is 9.22. The lowest BCUT2D eigenvalue weighted by atomic mass is 10.3. The molecule has 3 rings (SSSR count). The fraction of sp³-hybridized carbons (Fsp3) is 0.0769. The van der Waals surface area contributed by atoms with Crippen LogP contribution in [0.1, 0.15) is 4.88 Å². The Morgan fingerprint density at radius 2 is 2.05 bits per heavy atom. The average molecular weight is 399 g/mol. The normalized spacial score (nSPS) is 10.8. The van der Waals surface area contributed by atoms with Gasteiger partial charge in [-0.3, -0.25) is 9.97 Å². The van der Waals surface area contributed by atoms with Gasteiger partial charge < -0.3 is 5.32 Å². The summed E-state index contributed by atoms with van der Waals surface area (Å²) >= 11 is 8.60. The maximum absolute atomic E-state index is 4.42. The molecule has 3 heterocycles. The molecule has 1 N–H and O–H groups in total. The zero-order valence-electron chi connectivity index (χ0n) is 9.73. The molecule has 0 radical (unpaired) electrons. The quantitative estimate of drug-likeness (QED) is 0.686. The Kier molecular flexibility index (Phi) is 3.81. The van der Waals surface area contributed by atoms with Crippen molar-refractivity contribution in [2.24, 2.45) is 0 Å². The summed E-state index contributed by atoms with van der Waals surface area (Å²) in [5.41, 5.74) is 2.77. The van der Waals surface area contributed by atoms with Crippen LogP contribution in [0.15, 0.2) is 44.9 Å². The third-order valence-electron chi connectivity index (χ3n) is 2.63. The number of anilines is 1. The molecule has 3 aromatic heterocycles. The third-order valence-corrected chi connectivity index (χ3v) is 4.68. The van der Waals surface area contributed by atoms with Gasteiger partial charge in [0.1, 0.15) is 5.52 Å². The molecule has 0 aliphatic heterocycles. The van der Waals surface area contributed by atoms with Crippen molar-refractivity contribution in [2.45, 2.75) is 6.54 Å². The molecule has 0 atom stereocenters. The summed E-state index contributed by atoms with van der Waals surface area (Å²) in [7, 11) is 0. The predicted molar refractivity (Wildman–Crippen MR) is 86.6 cm³/mol. The van der Waals surface area contributed by atoms with Gasteiger partial charge in [0.25, 0.3) is 0 Å². The van der Waals surface area contributed by atoms with Crippen LogP contribution < -0.4 is 5.32 Å². The lowest BCUT2D eigenvalue weighted by molar-refractivity contribution is 1.18. The number of nitrogens with zero attached hydrogens (tertiary/aromatic N) is 2. The summed E-state index contributed by atoms with van der Waals surface area (Å²) in [4.78, 5) is 10.0. The second kappa shape index (κ2) is 5.56. The van der Waals surface area contributed by atoms with E-state index in [9.17, 15) is 0 Å². The number of pyridine rings is 2. The highest BCUT2D eigenvalue weighted by Gasteiger charge is 2.04. The standard InChI is InChI=1S/C13H9Br2N3S/c14-8-5-11-13(18-6-8)10(3-4-16-11)17-7-9-1-2-12(15)19-9/h1-6H,7H2,(H,16,17). The molecule has 19 heavy (non-hydrogen) atoms. The maximum Gasteiger partial charge on any atom is 0.112 e. The van der Waals surface area contributed by atoms with Crippen molar-refractivity contribution in [3.63, 3.8) is 0 Å². The molecule has 0 aromatic carbocycles. The number of nitrogens with one attached hydrogen (secondary N) is 1. The highest BCUT2D eigenvalue weighted by Crippen LogP contribution is 2.25. The van der Waals surface area contributed by atoms with Gasteiger partial charge in [-0.2, -0.15) is 0 Å². The molecule has 3 aromatic rings. The first-order valence-electron chi connectivity index (χ1n) is 5.61. The second-order valence-electron chi connectivity index (χ2n) is 3.94. The molecule has 3 nitrogen and oxygen atoms in total. The molecule has 96 valence electrons. The van der Waals surface area contributed by atoms with Crippen molar-refractivity contribution in [1.82, 2.24) is 9.97 Å². The van der Waals surface area contributed by atoms with Crippen LogP contribution in [-0.2, 0) is 6.54 Å². The summed E-state index contributed by atoms with van der Waals surface area (Å²) in [6.07, 6.45) is 3.58. The van der Waals surface area contributed by atoms with Crippen LogP contribution >= 0.6 is 43.2 Å². The fourth-order valence-corrected chi connectivity index (χ4v) is 3.52. The summed E-state index contributed by atoms with van der Waals surface area (Å²) in [6, 6.07) is 8.08. The van der Waals surface area contributed by atoms with Crippen LogP contribution in [0, 0.1) is 0 Å². The predicted octanol–water partition coefficient (Wildman–Crippen LogP) is 4.83. The largest absolute Gasteiger partial charge is 0.378 e. The van der Waals surface area contributed by atoms with E-state index in [0.717, 1.165) is 31.5 Å². The van der Waals surface area contributed by atoms with Gasteiger partial charge in [0.05, 0.1) is 15.0 Å². The number of hydrogen-bond donors (Lipinski definition) is 1. The van der Waals surface area contributed by atoms with E-state index in [0.29, 0.717) is 0 Å². The Bertz CT molecular complexity index is 727. The zero-order valence-corrected chi connectivity index (χ0v) is 13.7. The van der Waals surface area contributed by atoms with Crippen molar-refractivity contribution < 1.29 is 0 Å². The van der Waals surface area contributed by atoms with E-state index in [1.54, 1.807) is 23.7 Å². The van der Waals surface area contributed by atoms with Crippen molar-refractivity contribution in [3.8, 4) is 0 Å². The smallest absolute Gasteiger partial charge is 0.112 e. The zero-order chi connectivity index (χ0) is 13.2. The summed E-state index contributed by atoms with van der Waals surface area (Å²) in [6.45, 7) is 0.785. The lowest BCUT2D eigenvalue weighted by Gasteiger charge is -2.07. The first kappa shape index (κ1) is 13.0. The summed E-state index contributed by atoms with van der Waals surface area (Å²) < 4.78 is 2.08. The summed E-state index contributed by atoms with van der Waals surface area (Å²) in [5.74, 6) is 0. The Labute approximate surface area is 131 Å². The topological polar surface area (TPSA) is 37.8 Å². The number of fused-ring (bicyclic) bond motifs is 1. The highest BCUT2D eigenvalue weighted by molar-refractivity contribution is 9.11. The number of thiophene rings is 1. The molecule has 6 heteroatoms. The number of aromatic nitrogens is 2. The van der Waals surface area contributed by atoms with E-state index >= 15 is 0 Å². The van der Waals surface area contributed by atoms with Gasteiger partial charge in [0.2, 0.25) is 0 Å². The molecule has 0 fully saturated rings. The molecule has 0 aliphatic rings. The Morgan fingerprint density at radius 3 is 2.84 bits per heavy atom. The van der Waals surface area contributed by atoms with Crippen LogP contribution in [0.5, 0.6) is 0 Å². The SMILES string of the molecule is Brc1cnc2c(NCc3ccc(Br)s3)ccnc2c1. The molecule has 0 unspecified atom stereocenters. The van der Waals surface area contributed by atoms with Gasteiger partial charge in [-0.25, -0.2) is 0 Å². The van der Waals surface area contributed by atoms with Gasteiger partial charge in [0, 0.05) is 28.3 Å². The molecule has 0 spiro atoms. The van der Waals surface area contributed by atoms with Crippen LogP contribution in [0.25, 0.3) is 11.0 Å². The van der Waals surface area contributed by atoms with Gasteiger partial charge in [-0.1, -0.05) is 0 Å². The molecule has 0 saturated heterocycles. The minimum absolute atomic E-state index is 0.785. The number of rotatable bonds is 3. The van der Waals surface area contributed by atoms with Crippen molar-refractivity contribution in [2.75, 3.05) is 5.32 Å². The monoisotopic (exact) mass is 397 g/mol. The second-order valence-corrected chi connectivity index (χ2v) is 7.40. The van der Waals surface area contributed by atoms with Crippen LogP contribution in [0.2, 0.25) is 0 Å². The molecular weight excluding hydrogens is 390 g/mol. The van der Waals surface area contributed by atoms with Gasteiger partial charge >= 0.3 is 0 Å². The Hall–Kier alpha value is -0.980. The van der Waals surface area contributed by atoms with E-state index in [1.807, 2.05) is 12.1 Å². The first-order valence-corrected chi connectivity index (χ1v) is 8.01. The molecule has 0 bridgehead atoms. The van der Waals surface area contributed by atoms with E-state index < -0.39 is 0 Å². The Morgan fingerprint density at radius 1 is 1.16 bits per heavy atom. The fourth-order valence-electron chi connectivity index (χ4n) is 1.78. The van der Waals surface area contributed by atoms with Gasteiger partial charge in [-0.15, -0.1) is 11.3 Å². The average Bonchev–Trinajstić information content (AvgIpc) is 2.81. The van der Waals surface area contributed by atoms with Crippen LogP contribution in [0.4, 0.5) is 5.69 Å². The van der Waals surface area contributed by atoms with Crippen molar-refractivity contribution >= 4 is 59.9 Å².